The normalized spacial score (nSPS) is 12.1. The molecule has 0 aliphatic carbocycles. The molecule has 0 aliphatic rings. The van der Waals surface area contributed by atoms with Gasteiger partial charge in [-0.1, -0.05) is 48.0 Å². The Hall–Kier alpha value is -3.20. The average molecular weight is 343 g/mol. The molecule has 0 fully saturated rings. The van der Waals surface area contributed by atoms with Crippen molar-refractivity contribution in [3.63, 3.8) is 0 Å². The van der Waals surface area contributed by atoms with Gasteiger partial charge in [-0.05, 0) is 61.4 Å². The molecule has 1 atom stereocenters. The van der Waals surface area contributed by atoms with E-state index in [0.717, 1.165) is 11.1 Å². The van der Waals surface area contributed by atoms with Crippen LogP contribution in [0.1, 0.15) is 40.0 Å². The minimum Gasteiger partial charge on any atom is -0.423 e. The Morgan fingerprint density at radius 3 is 2.23 bits per heavy atom. The fraction of sp³-hybridized carbons (Fsp3) is 0.130. The van der Waals surface area contributed by atoms with Gasteiger partial charge >= 0.3 is 5.97 Å². The molecule has 0 aliphatic heterocycles. The Morgan fingerprint density at radius 1 is 0.923 bits per heavy atom. The maximum absolute atomic E-state index is 12.1. The van der Waals surface area contributed by atoms with Crippen LogP contribution in [0.4, 0.5) is 0 Å². The third kappa shape index (κ3) is 4.67. The van der Waals surface area contributed by atoms with Gasteiger partial charge in [-0.3, -0.25) is 4.99 Å². The van der Waals surface area contributed by atoms with Gasteiger partial charge in [0.05, 0.1) is 11.6 Å². The van der Waals surface area contributed by atoms with E-state index in [-0.39, 0.29) is 12.0 Å². The molecule has 0 aromatic heterocycles. The molecule has 0 radical (unpaired) electrons. The predicted molar refractivity (Wildman–Crippen MR) is 105 cm³/mol. The van der Waals surface area contributed by atoms with Crippen molar-refractivity contribution >= 4 is 12.2 Å². The van der Waals surface area contributed by atoms with Crippen LogP contribution >= 0.6 is 0 Å². The first-order valence-corrected chi connectivity index (χ1v) is 8.59. The number of aliphatic imine (C=N–C) groups is 1. The first-order valence-electron chi connectivity index (χ1n) is 8.59. The van der Waals surface area contributed by atoms with Crippen LogP contribution in [0.2, 0.25) is 0 Å². The molecule has 3 rings (SSSR count). The van der Waals surface area contributed by atoms with Crippen molar-refractivity contribution in [1.82, 2.24) is 0 Å². The topological polar surface area (TPSA) is 38.7 Å². The van der Waals surface area contributed by atoms with Crippen LogP contribution in [0, 0.1) is 6.92 Å². The van der Waals surface area contributed by atoms with Gasteiger partial charge in [0, 0.05) is 6.21 Å². The fourth-order valence-corrected chi connectivity index (χ4v) is 2.49. The largest absolute Gasteiger partial charge is 0.423 e. The van der Waals surface area contributed by atoms with E-state index in [9.17, 15) is 4.79 Å². The monoisotopic (exact) mass is 343 g/mol. The number of nitrogens with zero attached hydrogens (tertiary/aromatic N) is 1. The van der Waals surface area contributed by atoms with Gasteiger partial charge in [0.25, 0.3) is 0 Å². The van der Waals surface area contributed by atoms with E-state index in [1.165, 1.54) is 5.56 Å². The van der Waals surface area contributed by atoms with E-state index in [4.69, 9.17) is 4.74 Å². The second-order valence-electron chi connectivity index (χ2n) is 6.19. The predicted octanol–water partition coefficient (Wildman–Crippen LogP) is 5.39. The Labute approximate surface area is 154 Å². The zero-order valence-electron chi connectivity index (χ0n) is 14.9. The van der Waals surface area contributed by atoms with Crippen molar-refractivity contribution in [2.75, 3.05) is 0 Å². The molecular weight excluding hydrogens is 322 g/mol. The number of ether oxygens (including phenoxy) is 1. The highest BCUT2D eigenvalue weighted by Gasteiger charge is 2.08. The summed E-state index contributed by atoms with van der Waals surface area (Å²) in [5.41, 5.74) is 3.78. The average Bonchev–Trinajstić information content (AvgIpc) is 2.68. The molecule has 0 heterocycles. The Balaban J connectivity index is 1.62. The van der Waals surface area contributed by atoms with Crippen molar-refractivity contribution in [3.8, 4) is 5.75 Å². The summed E-state index contributed by atoms with van der Waals surface area (Å²) in [6.07, 6.45) is 1.84. The summed E-state index contributed by atoms with van der Waals surface area (Å²) in [6, 6.07) is 24.9. The highest BCUT2D eigenvalue weighted by molar-refractivity contribution is 5.91. The lowest BCUT2D eigenvalue weighted by atomic mass is 10.1. The van der Waals surface area contributed by atoms with Crippen molar-refractivity contribution in [2.24, 2.45) is 4.99 Å². The minimum absolute atomic E-state index is 0.0928. The molecule has 130 valence electrons. The molecule has 0 bridgehead atoms. The summed E-state index contributed by atoms with van der Waals surface area (Å²) in [4.78, 5) is 16.7. The van der Waals surface area contributed by atoms with Crippen molar-refractivity contribution < 1.29 is 9.53 Å². The zero-order chi connectivity index (χ0) is 18.4. The van der Waals surface area contributed by atoms with Gasteiger partial charge in [0.1, 0.15) is 5.75 Å². The Kier molecular flexibility index (Phi) is 5.59. The second kappa shape index (κ2) is 8.26. The van der Waals surface area contributed by atoms with Gasteiger partial charge < -0.3 is 4.74 Å². The van der Waals surface area contributed by atoms with E-state index in [0.29, 0.717) is 11.3 Å². The number of aryl methyl sites for hydroxylation is 1. The summed E-state index contributed by atoms with van der Waals surface area (Å²) >= 11 is 0. The second-order valence-corrected chi connectivity index (χ2v) is 6.19. The minimum atomic E-state index is -0.357. The smallest absolute Gasteiger partial charge is 0.343 e. The standard InChI is InChI=1S/C23H21NO2/c1-17-8-12-21(13-9-17)23(25)26-22-14-10-19(11-15-22)16-24-18(2)20-6-4-3-5-7-20/h3-16,18H,1-2H3/t18-/m0/s1. The van der Waals surface area contributed by atoms with Gasteiger partial charge in [-0.15, -0.1) is 0 Å². The molecule has 0 saturated carbocycles. The van der Waals surface area contributed by atoms with Crippen molar-refractivity contribution in [3.05, 3.63) is 101 Å². The van der Waals surface area contributed by atoms with E-state index in [2.05, 4.69) is 24.0 Å². The highest BCUT2D eigenvalue weighted by atomic mass is 16.5. The molecule has 3 nitrogen and oxygen atoms in total. The summed E-state index contributed by atoms with van der Waals surface area (Å²) in [5, 5.41) is 0. The Bertz CT molecular complexity index is 882. The first-order chi connectivity index (χ1) is 12.6. The van der Waals surface area contributed by atoms with Crippen LogP contribution in [-0.2, 0) is 0 Å². The van der Waals surface area contributed by atoms with Crippen LogP contribution in [0.25, 0.3) is 0 Å². The van der Waals surface area contributed by atoms with Gasteiger partial charge in [-0.2, -0.15) is 0 Å². The molecule has 3 aromatic rings. The maximum atomic E-state index is 12.1. The van der Waals surface area contributed by atoms with Crippen LogP contribution in [0.3, 0.4) is 0 Å². The number of rotatable bonds is 5. The number of hydrogen-bond acceptors (Lipinski definition) is 3. The van der Waals surface area contributed by atoms with E-state index < -0.39 is 0 Å². The molecule has 26 heavy (non-hydrogen) atoms. The highest BCUT2D eigenvalue weighted by Crippen LogP contribution is 2.17. The van der Waals surface area contributed by atoms with Crippen molar-refractivity contribution in [1.29, 1.82) is 0 Å². The van der Waals surface area contributed by atoms with Gasteiger partial charge in [0.15, 0.2) is 0 Å². The lowest BCUT2D eigenvalue weighted by molar-refractivity contribution is 0.0735. The third-order valence-corrected chi connectivity index (χ3v) is 4.11. The molecule has 0 spiro atoms. The summed E-state index contributed by atoms with van der Waals surface area (Å²) in [7, 11) is 0. The van der Waals surface area contributed by atoms with Crippen LogP contribution < -0.4 is 4.74 Å². The molecule has 3 heteroatoms. The maximum Gasteiger partial charge on any atom is 0.343 e. The Morgan fingerprint density at radius 2 is 1.58 bits per heavy atom. The lowest BCUT2D eigenvalue weighted by Crippen LogP contribution is -2.08. The molecular formula is C23H21NO2. The molecule has 0 amide bonds. The fourth-order valence-electron chi connectivity index (χ4n) is 2.49. The first kappa shape index (κ1) is 17.6. The lowest BCUT2D eigenvalue weighted by Gasteiger charge is -2.06. The van der Waals surface area contributed by atoms with Crippen LogP contribution in [0.5, 0.6) is 5.75 Å². The molecule has 0 unspecified atom stereocenters. The third-order valence-electron chi connectivity index (χ3n) is 4.11. The van der Waals surface area contributed by atoms with Crippen molar-refractivity contribution in [2.45, 2.75) is 19.9 Å². The molecule has 3 aromatic carbocycles. The number of carbonyl (C=O) groups excluding carboxylic acids is 1. The molecule has 0 N–H and O–H groups in total. The number of hydrogen-bond donors (Lipinski definition) is 0. The van der Waals surface area contributed by atoms with E-state index in [1.54, 1.807) is 24.3 Å². The van der Waals surface area contributed by atoms with Gasteiger partial charge in [0.2, 0.25) is 0 Å². The SMILES string of the molecule is Cc1ccc(C(=O)Oc2ccc(C=N[C@@H](C)c3ccccc3)cc2)cc1. The van der Waals surface area contributed by atoms with E-state index >= 15 is 0 Å². The molecule has 0 saturated heterocycles. The van der Waals surface area contributed by atoms with Crippen LogP contribution in [-0.4, -0.2) is 12.2 Å². The van der Waals surface area contributed by atoms with Crippen LogP contribution in [0.15, 0.2) is 83.9 Å². The number of carbonyl (C=O) groups is 1. The quantitative estimate of drug-likeness (QED) is 0.354. The van der Waals surface area contributed by atoms with E-state index in [1.807, 2.05) is 55.6 Å². The summed E-state index contributed by atoms with van der Waals surface area (Å²) in [6.45, 7) is 4.04. The number of esters is 1. The zero-order valence-corrected chi connectivity index (χ0v) is 14.9. The number of benzene rings is 3. The summed E-state index contributed by atoms with van der Waals surface area (Å²) < 4.78 is 5.41. The van der Waals surface area contributed by atoms with Gasteiger partial charge in [-0.25, -0.2) is 4.79 Å². The summed E-state index contributed by atoms with van der Waals surface area (Å²) in [5.74, 6) is 0.160.